The number of unbranched alkanes of at least 4 members (excludes halogenated alkanes) is 14. The normalized spacial score (nSPS) is 9.86. The zero-order valence-corrected chi connectivity index (χ0v) is 15.7. The fourth-order valence-electron chi connectivity index (χ4n) is 2.65. The number of hydrogen-bond acceptors (Lipinski definition) is 1. The van der Waals surface area contributed by atoms with Gasteiger partial charge >= 0.3 is 5.97 Å². The summed E-state index contributed by atoms with van der Waals surface area (Å²) in [5, 5.41) is 8.52. The summed E-state index contributed by atoms with van der Waals surface area (Å²) in [6, 6.07) is 0. The van der Waals surface area contributed by atoms with Crippen LogP contribution in [0.5, 0.6) is 0 Å². The van der Waals surface area contributed by atoms with Crippen molar-refractivity contribution in [1.82, 2.24) is 0 Å². The zero-order chi connectivity index (χ0) is 14.9. The molecule has 0 aromatic carbocycles. The summed E-state index contributed by atoms with van der Waals surface area (Å²) in [6.45, 7) is 2.27. The summed E-state index contributed by atoms with van der Waals surface area (Å²) in [5.41, 5.74) is 0. The van der Waals surface area contributed by atoms with Crippen LogP contribution in [0.25, 0.3) is 0 Å². The number of carboxylic acids is 1. The van der Waals surface area contributed by atoms with E-state index in [0.717, 1.165) is 12.8 Å². The number of rotatable bonds is 16. The van der Waals surface area contributed by atoms with Gasteiger partial charge in [-0.05, 0) is 6.42 Å². The molecule has 0 aliphatic heterocycles. The Morgan fingerprint density at radius 2 is 0.909 bits per heavy atom. The van der Waals surface area contributed by atoms with Crippen LogP contribution in [0.4, 0.5) is 0 Å². The van der Waals surface area contributed by atoms with Gasteiger partial charge in [-0.25, -0.2) is 0 Å². The molecule has 0 amide bonds. The van der Waals surface area contributed by atoms with Crippen molar-refractivity contribution in [1.29, 1.82) is 0 Å². The summed E-state index contributed by atoms with van der Waals surface area (Å²) in [5.74, 6) is -0.653. The van der Waals surface area contributed by atoms with Crippen molar-refractivity contribution >= 4 is 23.3 Å². The van der Waals surface area contributed by atoms with Gasteiger partial charge in [0.1, 0.15) is 0 Å². The van der Waals surface area contributed by atoms with Crippen LogP contribution in [0, 0.1) is 0 Å². The Balaban J connectivity index is -0.00000180. The molecule has 4 heteroatoms. The predicted octanol–water partition coefficient (Wildman–Crippen LogP) is 5.15. The first-order chi connectivity index (χ1) is 9.77. The van der Waals surface area contributed by atoms with E-state index < -0.39 is 5.97 Å². The van der Waals surface area contributed by atoms with Gasteiger partial charge in [0.25, 0.3) is 0 Å². The van der Waals surface area contributed by atoms with E-state index in [4.69, 9.17) is 5.11 Å². The molecule has 0 saturated heterocycles. The van der Waals surface area contributed by atoms with E-state index in [1.807, 2.05) is 0 Å². The Bertz CT molecular complexity index is 213. The smallest absolute Gasteiger partial charge is 0.303 e. The van der Waals surface area contributed by atoms with E-state index in [2.05, 4.69) is 6.92 Å². The molecule has 0 atom stereocenters. The first-order valence-corrected chi connectivity index (χ1v) is 8.99. The predicted molar refractivity (Wildman–Crippen MR) is 97.1 cm³/mol. The second kappa shape index (κ2) is 24.0. The van der Waals surface area contributed by atoms with Crippen LogP contribution in [-0.2, 0) is 26.5 Å². The molecular weight excluding hydrogens is 323 g/mol. The number of aliphatic carboxylic acids is 1. The second-order valence-corrected chi connectivity index (χ2v) is 6.09. The third-order valence-electron chi connectivity index (χ3n) is 3.99. The minimum atomic E-state index is -0.653. The number of carboxylic acid groups (broad SMARTS) is 1. The Morgan fingerprint density at radius 1 is 0.636 bits per heavy atom. The summed E-state index contributed by atoms with van der Waals surface area (Å²) >= 11 is 0. The van der Waals surface area contributed by atoms with Crippen LogP contribution in [0.15, 0.2) is 0 Å². The average Bonchev–Trinajstić information content (AvgIpc) is 2.43. The minimum absolute atomic E-state index is 0. The van der Waals surface area contributed by atoms with Gasteiger partial charge in [0.15, 0.2) is 17.4 Å². The van der Waals surface area contributed by atoms with Crippen LogP contribution in [0.1, 0.15) is 110 Å². The fourth-order valence-corrected chi connectivity index (χ4v) is 2.65. The van der Waals surface area contributed by atoms with Gasteiger partial charge in [-0.1, -0.05) is 96.8 Å². The monoisotopic (exact) mass is 362 g/mol. The molecule has 0 aliphatic rings. The van der Waals surface area contributed by atoms with Crippen molar-refractivity contribution in [3.8, 4) is 0 Å². The average molecular weight is 362 g/mol. The molecule has 1 N–H and O–H groups in total. The fraction of sp³-hybridized carbons (Fsp3) is 0.944. The molecule has 0 aliphatic carbocycles. The van der Waals surface area contributed by atoms with Gasteiger partial charge in [-0.15, -0.1) is 0 Å². The molecule has 0 radical (unpaired) electrons. The molecule has 0 heterocycles. The molecule has 2 nitrogen and oxygen atoms in total. The van der Waals surface area contributed by atoms with Crippen LogP contribution < -0.4 is 0 Å². The maximum Gasteiger partial charge on any atom is 0.303 e. The molecule has 0 spiro atoms. The summed E-state index contributed by atoms with van der Waals surface area (Å²) in [4.78, 5) is 10.3. The van der Waals surface area contributed by atoms with Crippen LogP contribution in [0.2, 0.25) is 0 Å². The van der Waals surface area contributed by atoms with Crippen molar-refractivity contribution < 1.29 is 31.6 Å². The van der Waals surface area contributed by atoms with Gasteiger partial charge in [-0.3, -0.25) is 4.79 Å². The molecule has 0 rings (SSSR count). The summed E-state index contributed by atoms with van der Waals surface area (Å²) < 4.78 is 0. The molecule has 22 heavy (non-hydrogen) atoms. The van der Waals surface area contributed by atoms with E-state index in [1.54, 1.807) is 0 Å². The van der Waals surface area contributed by atoms with Gasteiger partial charge in [-0.2, -0.15) is 0 Å². The van der Waals surface area contributed by atoms with E-state index >= 15 is 0 Å². The molecule has 0 fully saturated rings. The van der Waals surface area contributed by atoms with Crippen molar-refractivity contribution in [3.05, 3.63) is 0 Å². The first kappa shape index (κ1) is 27.6. The van der Waals surface area contributed by atoms with E-state index in [0.29, 0.717) is 6.42 Å². The third kappa shape index (κ3) is 25.7. The van der Waals surface area contributed by atoms with E-state index in [9.17, 15) is 4.79 Å². The molecule has 0 bridgehead atoms. The molecule has 0 aromatic heterocycles. The standard InChI is InChI=1S/C18H36O2.Al.Ti.3H/c1-2-3-4-5-6-7-8-9-10-11-12-13-14-15-16-17-18(19)20;;;;;/h2-17H2,1H3,(H,19,20);;;;;. The SMILES string of the molecule is CCCCCCCCCCCCCCCCCC(=O)O.[AlH3].[Ti]. The Labute approximate surface area is 164 Å². The van der Waals surface area contributed by atoms with E-state index in [-0.39, 0.29) is 39.1 Å². The van der Waals surface area contributed by atoms with Gasteiger partial charge < -0.3 is 5.11 Å². The summed E-state index contributed by atoms with van der Waals surface area (Å²) in [7, 11) is 0. The van der Waals surface area contributed by atoms with Crippen LogP contribution in [0.3, 0.4) is 0 Å². The maximum atomic E-state index is 10.3. The van der Waals surface area contributed by atoms with Crippen molar-refractivity contribution in [2.75, 3.05) is 0 Å². The largest absolute Gasteiger partial charge is 0.481 e. The van der Waals surface area contributed by atoms with Gasteiger partial charge in [0.2, 0.25) is 0 Å². The first-order valence-electron chi connectivity index (χ1n) is 8.99. The molecule has 130 valence electrons. The maximum absolute atomic E-state index is 10.3. The second-order valence-electron chi connectivity index (χ2n) is 6.09. The number of carbonyl (C=O) groups is 1. The van der Waals surface area contributed by atoms with E-state index in [1.165, 1.54) is 83.5 Å². The Kier molecular flexibility index (Phi) is 30.0. The Morgan fingerprint density at radius 3 is 1.18 bits per heavy atom. The quantitative estimate of drug-likeness (QED) is 0.305. The zero-order valence-electron chi connectivity index (χ0n) is 14.2. The van der Waals surface area contributed by atoms with Crippen molar-refractivity contribution in [3.63, 3.8) is 0 Å². The minimum Gasteiger partial charge on any atom is -0.481 e. The molecule has 0 aromatic rings. The van der Waals surface area contributed by atoms with Crippen LogP contribution >= 0.6 is 0 Å². The summed E-state index contributed by atoms with van der Waals surface area (Å²) in [6.07, 6.45) is 20.2. The topological polar surface area (TPSA) is 37.3 Å². The third-order valence-corrected chi connectivity index (χ3v) is 3.99. The molecule has 0 saturated carbocycles. The van der Waals surface area contributed by atoms with Crippen molar-refractivity contribution in [2.24, 2.45) is 0 Å². The molecule has 0 unspecified atom stereocenters. The molecular formula is C18H39AlO2Ti. The Hall–Kier alpha value is 0.717. The number of hydrogen-bond donors (Lipinski definition) is 1. The van der Waals surface area contributed by atoms with Gasteiger partial charge in [0, 0.05) is 28.1 Å². The van der Waals surface area contributed by atoms with Gasteiger partial charge in [0.05, 0.1) is 0 Å². The van der Waals surface area contributed by atoms with Crippen LogP contribution in [-0.4, -0.2) is 28.4 Å². The van der Waals surface area contributed by atoms with Crippen molar-refractivity contribution in [2.45, 2.75) is 110 Å².